The van der Waals surface area contributed by atoms with Gasteiger partial charge in [0.05, 0.1) is 39.1 Å². The molecule has 4 nitrogen and oxygen atoms in total. The Bertz CT molecular complexity index is 1590. The summed E-state index contributed by atoms with van der Waals surface area (Å²) in [6.07, 6.45) is 0. The molecule has 2 aliphatic rings. The fourth-order valence-corrected chi connectivity index (χ4v) is 6.74. The number of fused-ring (bicyclic) bond motifs is 2. The lowest BCUT2D eigenvalue weighted by atomic mass is 9.97. The number of halogens is 6. The van der Waals surface area contributed by atoms with Crippen molar-refractivity contribution in [1.29, 1.82) is 0 Å². The number of methoxy groups -OCH3 is 1. The summed E-state index contributed by atoms with van der Waals surface area (Å²) in [5.74, 6) is 0.851. The average molecular weight is 622 g/mol. The van der Waals surface area contributed by atoms with Gasteiger partial charge in [0.1, 0.15) is 17.4 Å². The van der Waals surface area contributed by atoms with Gasteiger partial charge < -0.3 is 4.74 Å². The summed E-state index contributed by atoms with van der Waals surface area (Å²) in [5.41, 5.74) is 3.69. The summed E-state index contributed by atoms with van der Waals surface area (Å²) in [4.78, 5) is 14.6. The maximum atomic E-state index is 6.80. The van der Waals surface area contributed by atoms with Crippen LogP contribution in [0.15, 0.2) is 70.7 Å². The largest absolute Gasteiger partial charge is 0.497 e. The molecule has 0 saturated carbocycles. The monoisotopic (exact) mass is 619 g/mol. The number of nitrogens with zero attached hydrogens (tertiary/aromatic N) is 3. The van der Waals surface area contributed by atoms with Crippen molar-refractivity contribution >= 4 is 79.7 Å². The van der Waals surface area contributed by atoms with Gasteiger partial charge in [0.2, 0.25) is 0 Å². The van der Waals surface area contributed by atoms with Crippen LogP contribution in [0, 0.1) is 0 Å². The number of benzene rings is 3. The smallest absolute Gasteiger partial charge is 0.163 e. The molecule has 0 fully saturated rings. The molecule has 2 unspecified atom stereocenters. The molecule has 1 aromatic heterocycles. The Morgan fingerprint density at radius 3 is 1.53 bits per heavy atom. The van der Waals surface area contributed by atoms with Gasteiger partial charge in [0.25, 0.3) is 0 Å². The second-order valence-electron chi connectivity index (χ2n) is 8.70. The molecule has 10 heteroatoms. The molecule has 38 heavy (non-hydrogen) atoms. The van der Waals surface area contributed by atoms with E-state index >= 15 is 0 Å². The highest BCUT2D eigenvalue weighted by atomic mass is 35.5. The number of ether oxygens (including phenoxy) is 1. The summed E-state index contributed by atoms with van der Waals surface area (Å²) >= 11 is 39.9. The average Bonchev–Trinajstić information content (AvgIpc) is 3.34. The first-order valence-electron chi connectivity index (χ1n) is 11.4. The van der Waals surface area contributed by atoms with E-state index in [1.54, 1.807) is 19.2 Å². The van der Waals surface area contributed by atoms with E-state index in [4.69, 9.17) is 89.3 Å². The van der Waals surface area contributed by atoms with E-state index in [-0.39, 0.29) is 0 Å². The fraction of sp³-hybridized carbons (Fsp3) is 0.107. The van der Waals surface area contributed by atoms with Crippen molar-refractivity contribution in [2.24, 2.45) is 0 Å². The van der Waals surface area contributed by atoms with Crippen LogP contribution in [-0.2, 0) is 0 Å². The summed E-state index contributed by atoms with van der Waals surface area (Å²) in [6.45, 7) is 0. The van der Waals surface area contributed by atoms with Crippen molar-refractivity contribution in [3.8, 4) is 17.1 Å². The van der Waals surface area contributed by atoms with Crippen LogP contribution in [0.1, 0.15) is 45.7 Å². The summed E-state index contributed by atoms with van der Waals surface area (Å²) in [7, 11) is 1.61. The van der Waals surface area contributed by atoms with Gasteiger partial charge >= 0.3 is 0 Å². The van der Waals surface area contributed by atoms with Gasteiger partial charge in [-0.25, -0.2) is 15.0 Å². The predicted molar refractivity (Wildman–Crippen MR) is 156 cm³/mol. The van der Waals surface area contributed by atoms with Crippen LogP contribution in [0.2, 0.25) is 10.0 Å². The number of aromatic nitrogens is 3. The third-order valence-corrected chi connectivity index (χ3v) is 9.04. The Kier molecular flexibility index (Phi) is 6.84. The van der Waals surface area contributed by atoms with E-state index < -0.39 is 11.8 Å². The molecule has 6 rings (SSSR count). The molecule has 0 saturated heterocycles. The van der Waals surface area contributed by atoms with E-state index in [2.05, 4.69) is 0 Å². The third-order valence-electron chi connectivity index (χ3n) is 6.61. The number of allylic oxidation sites excluding steroid dienone is 2. The van der Waals surface area contributed by atoms with Crippen LogP contribution in [0.5, 0.6) is 5.75 Å². The molecular weight excluding hydrogens is 607 g/mol. The second kappa shape index (κ2) is 10.0. The van der Waals surface area contributed by atoms with Gasteiger partial charge in [-0.05, 0) is 47.5 Å². The Morgan fingerprint density at radius 2 is 1.08 bits per heavy atom. The topological polar surface area (TPSA) is 47.9 Å². The molecule has 2 aliphatic carbocycles. The molecule has 4 aromatic rings. The molecule has 0 radical (unpaired) electrons. The molecule has 0 N–H and O–H groups in total. The molecule has 2 atom stereocenters. The van der Waals surface area contributed by atoms with E-state index in [0.717, 1.165) is 16.7 Å². The normalized spacial score (nSPS) is 18.2. The van der Waals surface area contributed by atoms with Crippen LogP contribution < -0.4 is 4.74 Å². The summed E-state index contributed by atoms with van der Waals surface area (Å²) in [6, 6.07) is 18.5. The van der Waals surface area contributed by atoms with Crippen molar-refractivity contribution in [2.45, 2.75) is 11.8 Å². The van der Waals surface area contributed by atoms with Crippen molar-refractivity contribution in [2.75, 3.05) is 7.11 Å². The maximum Gasteiger partial charge on any atom is 0.163 e. The lowest BCUT2D eigenvalue weighted by Crippen LogP contribution is -2.13. The predicted octanol–water partition coefficient (Wildman–Crippen LogP) is 9.44. The first kappa shape index (κ1) is 25.9. The van der Waals surface area contributed by atoms with Crippen LogP contribution in [-0.4, -0.2) is 22.1 Å². The number of hydrogen-bond acceptors (Lipinski definition) is 4. The molecule has 0 aliphatic heterocycles. The second-order valence-corrected chi connectivity index (χ2v) is 11.1. The molecule has 190 valence electrons. The highest BCUT2D eigenvalue weighted by Gasteiger charge is 2.38. The van der Waals surface area contributed by atoms with Crippen molar-refractivity contribution in [3.63, 3.8) is 0 Å². The van der Waals surface area contributed by atoms with Gasteiger partial charge in [-0.3, -0.25) is 0 Å². The van der Waals surface area contributed by atoms with Gasteiger partial charge in [0.15, 0.2) is 5.82 Å². The molecule has 0 bridgehead atoms. The Labute approximate surface area is 248 Å². The van der Waals surface area contributed by atoms with Crippen molar-refractivity contribution < 1.29 is 4.74 Å². The zero-order valence-corrected chi connectivity index (χ0v) is 24.0. The van der Waals surface area contributed by atoms with Gasteiger partial charge in [-0.1, -0.05) is 93.9 Å². The van der Waals surface area contributed by atoms with E-state index in [9.17, 15) is 0 Å². The molecule has 0 spiro atoms. The Morgan fingerprint density at radius 1 is 0.605 bits per heavy atom. The van der Waals surface area contributed by atoms with E-state index in [1.807, 2.05) is 48.5 Å². The maximum absolute atomic E-state index is 6.80. The molecule has 1 heterocycles. The third kappa shape index (κ3) is 4.10. The first-order valence-corrected chi connectivity index (χ1v) is 13.6. The van der Waals surface area contributed by atoms with E-state index in [1.165, 1.54) is 0 Å². The lowest BCUT2D eigenvalue weighted by Gasteiger charge is -2.18. The minimum Gasteiger partial charge on any atom is -0.497 e. The van der Waals surface area contributed by atoms with Crippen LogP contribution in [0.25, 0.3) is 21.5 Å². The SMILES string of the molecule is COc1ccc(-c2nc(C3C(Cl)=C(Cl)c4c(Cl)cccc43)nc(C3C(Cl)=C(Cl)c4c(Cl)cccc43)n2)cc1. The fourth-order valence-electron chi connectivity index (χ4n) is 4.83. The number of hydrogen-bond donors (Lipinski definition) is 0. The molecular formula is C28H15Cl6N3O. The minimum atomic E-state index is -0.546. The highest BCUT2D eigenvalue weighted by molar-refractivity contribution is 6.58. The zero-order valence-electron chi connectivity index (χ0n) is 19.4. The lowest BCUT2D eigenvalue weighted by molar-refractivity contribution is 0.415. The zero-order chi connectivity index (χ0) is 26.7. The van der Waals surface area contributed by atoms with Crippen LogP contribution in [0.4, 0.5) is 0 Å². The molecule has 0 amide bonds. The van der Waals surface area contributed by atoms with E-state index in [0.29, 0.717) is 64.5 Å². The van der Waals surface area contributed by atoms with Crippen LogP contribution >= 0.6 is 69.6 Å². The number of rotatable bonds is 4. The van der Waals surface area contributed by atoms with Crippen LogP contribution in [0.3, 0.4) is 0 Å². The molecule has 3 aromatic carbocycles. The summed E-state index contributed by atoms with van der Waals surface area (Å²) in [5, 5.41) is 2.47. The van der Waals surface area contributed by atoms with Crippen molar-refractivity contribution in [1.82, 2.24) is 15.0 Å². The van der Waals surface area contributed by atoms with Gasteiger partial charge in [0, 0.05) is 26.7 Å². The standard InChI is InChI=1S/C28H15Cl6N3O/c1-38-13-10-8-12(9-11-13)26-35-27(20-14-4-2-6-16(29)18(14)22(31)24(20)33)37-28(36-26)21-15-5-3-7-17(30)19(15)23(32)25(21)34/h2-11,20-21H,1H3. The van der Waals surface area contributed by atoms with Gasteiger partial charge in [-0.2, -0.15) is 0 Å². The minimum absolute atomic E-state index is 0.365. The van der Waals surface area contributed by atoms with Gasteiger partial charge in [-0.15, -0.1) is 0 Å². The quantitative estimate of drug-likeness (QED) is 0.228. The van der Waals surface area contributed by atoms with Crippen molar-refractivity contribution in [3.05, 3.63) is 115 Å². The Hall–Kier alpha value is -2.31. The first-order chi connectivity index (χ1) is 18.3. The summed E-state index contributed by atoms with van der Waals surface area (Å²) < 4.78 is 5.31. The Balaban J connectivity index is 1.59. The highest BCUT2D eigenvalue weighted by Crippen LogP contribution is 2.53.